The van der Waals surface area contributed by atoms with Crippen molar-refractivity contribution in [2.75, 3.05) is 7.05 Å². The molecule has 0 saturated carbocycles. The number of nitrogens with one attached hydrogen (secondary N) is 2. The van der Waals surface area contributed by atoms with E-state index in [4.69, 9.17) is 6.42 Å². The number of terminal acetylenes is 1. The fourth-order valence-electron chi connectivity index (χ4n) is 1.59. The number of hydrogen-bond donors (Lipinski definition) is 2. The van der Waals surface area contributed by atoms with Crippen molar-refractivity contribution in [3.8, 4) is 12.3 Å². The summed E-state index contributed by atoms with van der Waals surface area (Å²) in [5, 5.41) is 2.45. The number of rotatable bonds is 5. The molecule has 0 saturated heterocycles. The monoisotopic (exact) mass is 297 g/mol. The first-order valence-electron chi connectivity index (χ1n) is 6.09. The summed E-state index contributed by atoms with van der Waals surface area (Å²) in [5.74, 6) is 2.08. The molecule has 0 aliphatic heterocycles. The molecule has 20 heavy (non-hydrogen) atoms. The van der Waals surface area contributed by atoms with Crippen molar-refractivity contribution in [1.29, 1.82) is 0 Å². The Morgan fingerprint density at radius 3 is 2.60 bits per heavy atom. The highest BCUT2D eigenvalue weighted by molar-refractivity contribution is 7.89. The van der Waals surface area contributed by atoms with Gasteiger partial charge in [0.1, 0.15) is 10.6 Å². The number of nitrogens with zero attached hydrogens (tertiary/aromatic N) is 1. The van der Waals surface area contributed by atoms with E-state index < -0.39 is 15.6 Å². The number of hydrogen-bond acceptors (Lipinski definition) is 3. The summed E-state index contributed by atoms with van der Waals surface area (Å²) in [6.45, 7) is 3.43. The van der Waals surface area contributed by atoms with Crippen LogP contribution in [-0.4, -0.2) is 31.5 Å². The van der Waals surface area contributed by atoms with Crippen molar-refractivity contribution >= 4 is 15.9 Å². The van der Waals surface area contributed by atoms with E-state index in [0.29, 0.717) is 6.42 Å². The van der Waals surface area contributed by atoms with Gasteiger partial charge in [-0.25, -0.2) is 8.42 Å². The van der Waals surface area contributed by atoms with Gasteiger partial charge < -0.3 is 9.88 Å². The second-order valence-electron chi connectivity index (χ2n) is 4.69. The summed E-state index contributed by atoms with van der Waals surface area (Å²) in [6.07, 6.45) is 7.19. The quantitative estimate of drug-likeness (QED) is 0.775. The number of carbonyl (C=O) groups excluding carboxylic acids is 1. The topological polar surface area (TPSA) is 80.2 Å². The zero-order valence-corrected chi connectivity index (χ0v) is 12.8. The van der Waals surface area contributed by atoms with Gasteiger partial charge in [-0.1, -0.05) is 12.8 Å². The second-order valence-corrected chi connectivity index (χ2v) is 6.37. The summed E-state index contributed by atoms with van der Waals surface area (Å²) in [6, 6.07) is 1.31. The SMILES string of the molecule is C#C[C@](C)(CC)NS(=O)(=O)c1cc(C(=O)NC)n(C)c1. The average molecular weight is 297 g/mol. The van der Waals surface area contributed by atoms with E-state index in [1.54, 1.807) is 20.9 Å². The zero-order chi connectivity index (χ0) is 15.6. The van der Waals surface area contributed by atoms with Crippen molar-refractivity contribution in [3.63, 3.8) is 0 Å². The Bertz CT molecular complexity index is 655. The molecule has 6 nitrogen and oxygen atoms in total. The van der Waals surface area contributed by atoms with Gasteiger partial charge in [-0.15, -0.1) is 6.42 Å². The van der Waals surface area contributed by atoms with Gasteiger partial charge in [0.15, 0.2) is 0 Å². The predicted molar refractivity (Wildman–Crippen MR) is 76.7 cm³/mol. The fraction of sp³-hybridized carbons (Fsp3) is 0.462. The van der Waals surface area contributed by atoms with E-state index in [1.807, 2.05) is 0 Å². The first-order chi connectivity index (χ1) is 9.19. The third kappa shape index (κ3) is 3.21. The zero-order valence-electron chi connectivity index (χ0n) is 12.0. The van der Waals surface area contributed by atoms with Crippen LogP contribution in [0.2, 0.25) is 0 Å². The normalized spacial score (nSPS) is 14.3. The molecule has 0 fully saturated rings. The van der Waals surface area contributed by atoms with Crippen LogP contribution in [0.1, 0.15) is 30.8 Å². The van der Waals surface area contributed by atoms with E-state index in [-0.39, 0.29) is 16.5 Å². The molecule has 7 heteroatoms. The number of amides is 1. The van der Waals surface area contributed by atoms with E-state index >= 15 is 0 Å². The van der Waals surface area contributed by atoms with Gasteiger partial charge in [0.2, 0.25) is 10.0 Å². The molecule has 110 valence electrons. The smallest absolute Gasteiger partial charge is 0.267 e. The van der Waals surface area contributed by atoms with Crippen molar-refractivity contribution in [3.05, 3.63) is 18.0 Å². The maximum Gasteiger partial charge on any atom is 0.267 e. The summed E-state index contributed by atoms with van der Waals surface area (Å²) >= 11 is 0. The lowest BCUT2D eigenvalue weighted by Crippen LogP contribution is -2.44. The molecule has 0 aliphatic carbocycles. The van der Waals surface area contributed by atoms with Gasteiger partial charge in [-0.3, -0.25) is 4.79 Å². The van der Waals surface area contributed by atoms with Gasteiger partial charge in [-0.2, -0.15) is 4.72 Å². The van der Waals surface area contributed by atoms with Crippen LogP contribution < -0.4 is 10.0 Å². The Morgan fingerprint density at radius 1 is 1.55 bits per heavy atom. The third-order valence-corrected chi connectivity index (χ3v) is 4.70. The lowest BCUT2D eigenvalue weighted by atomic mass is 10.0. The van der Waals surface area contributed by atoms with Crippen LogP contribution in [0.4, 0.5) is 0 Å². The maximum absolute atomic E-state index is 12.3. The molecule has 0 spiro atoms. The molecule has 1 aromatic heterocycles. The van der Waals surface area contributed by atoms with Gasteiger partial charge in [0, 0.05) is 20.3 Å². The van der Waals surface area contributed by atoms with E-state index in [2.05, 4.69) is 16.0 Å². The number of aromatic nitrogens is 1. The molecule has 0 radical (unpaired) electrons. The highest BCUT2D eigenvalue weighted by Gasteiger charge is 2.28. The summed E-state index contributed by atoms with van der Waals surface area (Å²) in [7, 11) is -0.697. The summed E-state index contributed by atoms with van der Waals surface area (Å²) in [4.78, 5) is 11.6. The molecule has 0 bridgehead atoms. The molecule has 1 rings (SSSR count). The maximum atomic E-state index is 12.3. The van der Waals surface area contributed by atoms with Crippen LogP contribution in [0, 0.1) is 12.3 Å². The molecule has 1 heterocycles. The standard InChI is InChI=1S/C13H19N3O3S/c1-6-13(3,7-2)15-20(18,19)10-8-11(12(17)14-4)16(5)9-10/h1,8-9,15H,7H2,2-5H3,(H,14,17)/t13-/m1/s1. The Kier molecular flexibility index (Phi) is 4.63. The van der Waals surface area contributed by atoms with Gasteiger partial charge in [0.25, 0.3) is 5.91 Å². The molecular weight excluding hydrogens is 278 g/mol. The van der Waals surface area contributed by atoms with Crippen LogP contribution in [-0.2, 0) is 17.1 Å². The Hall–Kier alpha value is -1.78. The highest BCUT2D eigenvalue weighted by atomic mass is 32.2. The van der Waals surface area contributed by atoms with Crippen LogP contribution in [0.15, 0.2) is 17.2 Å². The Labute approximate surface area is 119 Å². The van der Waals surface area contributed by atoms with Gasteiger partial charge in [-0.05, 0) is 19.4 Å². The molecular formula is C13H19N3O3S. The predicted octanol–water partition coefficient (Wildman–Crippen LogP) is 0.465. The van der Waals surface area contributed by atoms with Crippen molar-refractivity contribution in [2.24, 2.45) is 7.05 Å². The summed E-state index contributed by atoms with van der Waals surface area (Å²) < 4.78 is 28.5. The minimum Gasteiger partial charge on any atom is -0.354 e. The highest BCUT2D eigenvalue weighted by Crippen LogP contribution is 2.17. The Morgan fingerprint density at radius 2 is 2.15 bits per heavy atom. The largest absolute Gasteiger partial charge is 0.354 e. The number of carbonyl (C=O) groups is 1. The average Bonchev–Trinajstić information content (AvgIpc) is 2.80. The van der Waals surface area contributed by atoms with E-state index in [0.717, 1.165) is 0 Å². The number of aryl methyl sites for hydroxylation is 1. The van der Waals surface area contributed by atoms with Crippen LogP contribution in [0.3, 0.4) is 0 Å². The van der Waals surface area contributed by atoms with Crippen molar-refractivity contribution in [2.45, 2.75) is 30.7 Å². The molecule has 2 N–H and O–H groups in total. The van der Waals surface area contributed by atoms with Crippen LogP contribution in [0.5, 0.6) is 0 Å². The van der Waals surface area contributed by atoms with Crippen molar-refractivity contribution in [1.82, 2.24) is 14.6 Å². The first kappa shape index (κ1) is 16.3. The fourth-order valence-corrected chi connectivity index (χ4v) is 3.07. The minimum atomic E-state index is -3.78. The minimum absolute atomic E-state index is 0.00789. The molecule has 1 amide bonds. The van der Waals surface area contributed by atoms with Crippen LogP contribution in [0.25, 0.3) is 0 Å². The van der Waals surface area contributed by atoms with Gasteiger partial charge >= 0.3 is 0 Å². The number of sulfonamides is 1. The molecule has 1 atom stereocenters. The first-order valence-corrected chi connectivity index (χ1v) is 7.57. The lowest BCUT2D eigenvalue weighted by molar-refractivity contribution is 0.0955. The van der Waals surface area contributed by atoms with E-state index in [1.165, 1.54) is 23.9 Å². The molecule has 0 aliphatic rings. The van der Waals surface area contributed by atoms with Gasteiger partial charge in [0.05, 0.1) is 5.54 Å². The molecule has 0 unspecified atom stereocenters. The lowest BCUT2D eigenvalue weighted by Gasteiger charge is -2.22. The third-order valence-electron chi connectivity index (χ3n) is 3.14. The Balaban J connectivity index is 3.19. The van der Waals surface area contributed by atoms with Crippen LogP contribution >= 0.6 is 0 Å². The van der Waals surface area contributed by atoms with Crippen molar-refractivity contribution < 1.29 is 13.2 Å². The molecule has 0 aromatic carbocycles. The van der Waals surface area contributed by atoms with E-state index in [9.17, 15) is 13.2 Å². The molecule has 1 aromatic rings. The summed E-state index contributed by atoms with van der Waals surface area (Å²) in [5.41, 5.74) is -0.700. The second kappa shape index (κ2) is 5.69.